The lowest BCUT2D eigenvalue weighted by Gasteiger charge is -2.28. The van der Waals surface area contributed by atoms with E-state index < -0.39 is 0 Å². The number of hydrogen-bond acceptors (Lipinski definition) is 3. The Morgan fingerprint density at radius 1 is 1.37 bits per heavy atom. The third-order valence-electron chi connectivity index (χ3n) is 3.75. The Kier molecular flexibility index (Phi) is 4.93. The molecule has 4 heteroatoms. The molecule has 1 amide bonds. The van der Waals surface area contributed by atoms with E-state index in [0.717, 1.165) is 24.8 Å². The van der Waals surface area contributed by atoms with E-state index in [1.807, 2.05) is 30.3 Å². The maximum Gasteiger partial charge on any atom is 0.229 e. The van der Waals surface area contributed by atoms with E-state index in [1.54, 1.807) is 0 Å². The second-order valence-corrected chi connectivity index (χ2v) is 5.22. The Bertz CT molecular complexity index is 408. The third-order valence-corrected chi connectivity index (χ3v) is 3.75. The first-order valence-corrected chi connectivity index (χ1v) is 6.94. The van der Waals surface area contributed by atoms with E-state index >= 15 is 0 Å². The monoisotopic (exact) mass is 262 g/mol. The summed E-state index contributed by atoms with van der Waals surface area (Å²) in [7, 11) is 0. The van der Waals surface area contributed by atoms with Crippen LogP contribution in [0.3, 0.4) is 0 Å². The lowest BCUT2D eigenvalue weighted by molar-refractivity contribution is -0.123. The highest BCUT2D eigenvalue weighted by Crippen LogP contribution is 2.20. The predicted molar refractivity (Wildman–Crippen MR) is 74.6 cm³/mol. The van der Waals surface area contributed by atoms with E-state index in [4.69, 9.17) is 5.73 Å². The minimum Gasteiger partial charge on any atom is -0.393 e. The number of amides is 1. The summed E-state index contributed by atoms with van der Waals surface area (Å²) in [6.07, 6.45) is 3.11. The molecular weight excluding hydrogens is 240 g/mol. The molecule has 0 radical (unpaired) electrons. The average molecular weight is 262 g/mol. The highest BCUT2D eigenvalue weighted by Gasteiger charge is 2.25. The molecule has 0 bridgehead atoms. The lowest BCUT2D eigenvalue weighted by Crippen LogP contribution is -2.43. The summed E-state index contributed by atoms with van der Waals surface area (Å²) < 4.78 is 0. The number of carbonyl (C=O) groups excluding carboxylic acids is 1. The first-order chi connectivity index (χ1) is 9.20. The topological polar surface area (TPSA) is 75.4 Å². The van der Waals surface area contributed by atoms with Crippen LogP contribution in [0.1, 0.15) is 37.2 Å². The smallest absolute Gasteiger partial charge is 0.229 e. The second kappa shape index (κ2) is 6.68. The predicted octanol–water partition coefficient (Wildman–Crippen LogP) is 1.15. The standard InChI is InChI=1S/C15H22N2O2/c16-10-14(11-5-2-1-3-6-11)15(19)17-12-7-4-8-13(18)9-12/h1-3,5-6,12-14,18H,4,7-10,16H2,(H,17,19). The number of aliphatic hydroxyl groups excluding tert-OH is 1. The van der Waals surface area contributed by atoms with Gasteiger partial charge in [0.15, 0.2) is 0 Å². The second-order valence-electron chi connectivity index (χ2n) is 5.22. The molecule has 1 aromatic carbocycles. The van der Waals surface area contributed by atoms with Crippen LogP contribution in [0, 0.1) is 0 Å². The number of carbonyl (C=O) groups is 1. The highest BCUT2D eigenvalue weighted by atomic mass is 16.3. The van der Waals surface area contributed by atoms with Crippen molar-refractivity contribution in [2.75, 3.05) is 6.54 Å². The van der Waals surface area contributed by atoms with Crippen molar-refractivity contribution in [3.8, 4) is 0 Å². The molecule has 0 aromatic heterocycles. The third kappa shape index (κ3) is 3.78. The van der Waals surface area contributed by atoms with Gasteiger partial charge in [-0.15, -0.1) is 0 Å². The molecule has 3 unspecified atom stereocenters. The molecule has 1 fully saturated rings. The number of nitrogens with two attached hydrogens (primary N) is 1. The van der Waals surface area contributed by atoms with Gasteiger partial charge < -0.3 is 16.2 Å². The number of hydrogen-bond donors (Lipinski definition) is 3. The summed E-state index contributed by atoms with van der Waals surface area (Å²) in [5.74, 6) is -0.340. The molecular formula is C15H22N2O2. The van der Waals surface area contributed by atoms with Crippen LogP contribution in [0.15, 0.2) is 30.3 Å². The Labute approximate surface area is 114 Å². The maximum absolute atomic E-state index is 12.3. The lowest BCUT2D eigenvalue weighted by atomic mass is 9.91. The van der Waals surface area contributed by atoms with E-state index in [1.165, 1.54) is 0 Å². The maximum atomic E-state index is 12.3. The summed E-state index contributed by atoms with van der Waals surface area (Å²) in [6, 6.07) is 9.67. The van der Waals surface area contributed by atoms with E-state index in [2.05, 4.69) is 5.32 Å². The molecule has 1 saturated carbocycles. The molecule has 0 heterocycles. The summed E-state index contributed by atoms with van der Waals surface area (Å²) in [5, 5.41) is 12.6. The van der Waals surface area contributed by atoms with Crippen molar-refractivity contribution in [3.63, 3.8) is 0 Å². The van der Waals surface area contributed by atoms with Gasteiger partial charge in [-0.25, -0.2) is 0 Å². The minimum absolute atomic E-state index is 0.0344. The summed E-state index contributed by atoms with van der Waals surface area (Å²) in [5.41, 5.74) is 6.67. The van der Waals surface area contributed by atoms with Crippen molar-refractivity contribution < 1.29 is 9.90 Å². The first-order valence-electron chi connectivity index (χ1n) is 6.94. The largest absolute Gasteiger partial charge is 0.393 e. The molecule has 0 saturated heterocycles. The molecule has 1 aliphatic carbocycles. The van der Waals surface area contributed by atoms with Gasteiger partial charge in [-0.05, 0) is 31.2 Å². The van der Waals surface area contributed by atoms with Crippen molar-refractivity contribution in [1.29, 1.82) is 0 Å². The number of nitrogens with one attached hydrogen (secondary N) is 1. The molecule has 2 rings (SSSR count). The van der Waals surface area contributed by atoms with Crippen LogP contribution in [0.25, 0.3) is 0 Å². The summed E-state index contributed by atoms with van der Waals surface area (Å²) in [4.78, 5) is 12.3. The van der Waals surface area contributed by atoms with E-state index in [-0.39, 0.29) is 24.0 Å². The van der Waals surface area contributed by atoms with Crippen molar-refractivity contribution in [2.45, 2.75) is 43.7 Å². The first kappa shape index (κ1) is 14.0. The van der Waals surface area contributed by atoms with Crippen molar-refractivity contribution in [3.05, 3.63) is 35.9 Å². The summed E-state index contributed by atoms with van der Waals surface area (Å²) >= 11 is 0. The fourth-order valence-corrected chi connectivity index (χ4v) is 2.68. The number of rotatable bonds is 4. The number of benzene rings is 1. The van der Waals surface area contributed by atoms with Crippen LogP contribution in [-0.2, 0) is 4.79 Å². The zero-order valence-corrected chi connectivity index (χ0v) is 11.1. The van der Waals surface area contributed by atoms with Gasteiger partial charge in [-0.3, -0.25) is 4.79 Å². The normalized spacial score (nSPS) is 24.7. The van der Waals surface area contributed by atoms with Crippen LogP contribution in [0.5, 0.6) is 0 Å². The van der Waals surface area contributed by atoms with E-state index in [9.17, 15) is 9.90 Å². The zero-order valence-electron chi connectivity index (χ0n) is 11.1. The van der Waals surface area contributed by atoms with Gasteiger partial charge in [0.05, 0.1) is 12.0 Å². The molecule has 1 aliphatic rings. The fraction of sp³-hybridized carbons (Fsp3) is 0.533. The van der Waals surface area contributed by atoms with Crippen LogP contribution in [0.2, 0.25) is 0 Å². The minimum atomic E-state index is -0.305. The van der Waals surface area contributed by atoms with Crippen molar-refractivity contribution >= 4 is 5.91 Å². The molecule has 4 N–H and O–H groups in total. The van der Waals surface area contributed by atoms with Crippen LogP contribution in [0.4, 0.5) is 0 Å². The van der Waals surface area contributed by atoms with Gasteiger partial charge >= 0.3 is 0 Å². The van der Waals surface area contributed by atoms with Crippen LogP contribution in [-0.4, -0.2) is 29.7 Å². The quantitative estimate of drug-likeness (QED) is 0.762. The van der Waals surface area contributed by atoms with Crippen LogP contribution < -0.4 is 11.1 Å². The average Bonchev–Trinajstić information content (AvgIpc) is 2.41. The Morgan fingerprint density at radius 2 is 2.11 bits per heavy atom. The van der Waals surface area contributed by atoms with Gasteiger partial charge in [0.25, 0.3) is 0 Å². The summed E-state index contributed by atoms with van der Waals surface area (Å²) in [6.45, 7) is 0.297. The van der Waals surface area contributed by atoms with Gasteiger partial charge in [0.1, 0.15) is 0 Å². The van der Waals surface area contributed by atoms with Crippen molar-refractivity contribution in [2.24, 2.45) is 5.73 Å². The molecule has 0 aliphatic heterocycles. The highest BCUT2D eigenvalue weighted by molar-refractivity contribution is 5.84. The molecule has 19 heavy (non-hydrogen) atoms. The molecule has 0 spiro atoms. The molecule has 3 atom stereocenters. The Morgan fingerprint density at radius 3 is 2.74 bits per heavy atom. The van der Waals surface area contributed by atoms with Gasteiger partial charge in [0.2, 0.25) is 5.91 Å². The SMILES string of the molecule is NCC(C(=O)NC1CCCC(O)C1)c1ccccc1. The molecule has 104 valence electrons. The zero-order chi connectivity index (χ0) is 13.7. The molecule has 4 nitrogen and oxygen atoms in total. The van der Waals surface area contributed by atoms with E-state index in [0.29, 0.717) is 13.0 Å². The van der Waals surface area contributed by atoms with Crippen LogP contribution >= 0.6 is 0 Å². The van der Waals surface area contributed by atoms with Crippen molar-refractivity contribution in [1.82, 2.24) is 5.32 Å². The Hall–Kier alpha value is -1.39. The number of aliphatic hydroxyl groups is 1. The fourth-order valence-electron chi connectivity index (χ4n) is 2.68. The van der Waals surface area contributed by atoms with Gasteiger partial charge in [0, 0.05) is 12.6 Å². The van der Waals surface area contributed by atoms with Gasteiger partial charge in [-0.2, -0.15) is 0 Å². The Balaban J connectivity index is 1.97. The molecule has 1 aromatic rings. The van der Waals surface area contributed by atoms with Gasteiger partial charge in [-0.1, -0.05) is 30.3 Å².